The molecule has 6 heteroatoms. The minimum atomic E-state index is 0.599. The van der Waals surface area contributed by atoms with Gasteiger partial charge in [0.1, 0.15) is 11.4 Å². The monoisotopic (exact) mass is 667 g/mol. The lowest BCUT2D eigenvalue weighted by Gasteiger charge is -2.12. The lowest BCUT2D eigenvalue weighted by Crippen LogP contribution is -2.06. The van der Waals surface area contributed by atoms with Crippen molar-refractivity contribution in [2.45, 2.75) is 6.92 Å². The topological polar surface area (TPSA) is 61.7 Å². The lowest BCUT2D eigenvalue weighted by atomic mass is 10.00. The van der Waals surface area contributed by atoms with Crippen molar-refractivity contribution < 1.29 is 4.42 Å². The number of aryl methyl sites for hydroxylation is 1. The molecule has 0 N–H and O–H groups in total. The number of fused-ring (bicyclic) bond motifs is 9. The second kappa shape index (κ2) is 11.0. The molecule has 244 valence electrons. The van der Waals surface area contributed by atoms with Gasteiger partial charge in [0.05, 0.1) is 27.8 Å². The molecule has 0 bridgehead atoms. The molecule has 0 spiro atoms. The Morgan fingerprint density at radius 2 is 1.12 bits per heavy atom. The van der Waals surface area contributed by atoms with Gasteiger partial charge >= 0.3 is 0 Å². The minimum absolute atomic E-state index is 0.599. The largest absolute Gasteiger partial charge is 0.454 e. The summed E-state index contributed by atoms with van der Waals surface area (Å²) in [5, 5.41) is 6.88. The van der Waals surface area contributed by atoms with E-state index in [0.29, 0.717) is 17.6 Å². The van der Waals surface area contributed by atoms with Crippen LogP contribution in [0.1, 0.15) is 5.82 Å². The van der Waals surface area contributed by atoms with E-state index in [4.69, 9.17) is 19.4 Å². The molecule has 52 heavy (non-hydrogen) atoms. The second-order valence-electron chi connectivity index (χ2n) is 13.3. The van der Waals surface area contributed by atoms with Crippen molar-refractivity contribution in [3.05, 3.63) is 164 Å². The molecule has 0 amide bonds. The summed E-state index contributed by atoms with van der Waals surface area (Å²) in [6, 6.07) is 55.3. The van der Waals surface area contributed by atoms with Crippen LogP contribution in [0.25, 0.3) is 99.7 Å². The number of hydrogen-bond acceptors (Lipinski definition) is 4. The molecular weight excluding hydrogens is 639 g/mol. The van der Waals surface area contributed by atoms with E-state index in [1.165, 1.54) is 10.8 Å². The van der Waals surface area contributed by atoms with Gasteiger partial charge in [-0.25, -0.2) is 4.98 Å². The maximum atomic E-state index is 6.54. The van der Waals surface area contributed by atoms with Crippen LogP contribution < -0.4 is 0 Å². The van der Waals surface area contributed by atoms with Crippen LogP contribution in [0.4, 0.5) is 0 Å². The quantitative estimate of drug-likeness (QED) is 0.187. The summed E-state index contributed by atoms with van der Waals surface area (Å²) in [6.07, 6.45) is 0. The highest BCUT2D eigenvalue weighted by Gasteiger charge is 2.21. The van der Waals surface area contributed by atoms with Crippen molar-refractivity contribution in [2.75, 3.05) is 0 Å². The molecule has 0 aliphatic carbocycles. The Hall–Kier alpha value is -7.05. The molecule has 0 saturated heterocycles. The van der Waals surface area contributed by atoms with Crippen molar-refractivity contribution >= 4 is 65.6 Å². The maximum Gasteiger partial charge on any atom is 0.238 e. The average Bonchev–Trinajstić information content (AvgIpc) is 3.86. The molecule has 0 aliphatic rings. The van der Waals surface area contributed by atoms with E-state index in [0.717, 1.165) is 77.2 Å². The van der Waals surface area contributed by atoms with Crippen LogP contribution in [0, 0.1) is 6.92 Å². The first-order valence-corrected chi connectivity index (χ1v) is 17.5. The molecule has 4 heterocycles. The average molecular weight is 668 g/mol. The smallest absolute Gasteiger partial charge is 0.238 e. The Morgan fingerprint density at radius 1 is 0.462 bits per heavy atom. The summed E-state index contributed by atoms with van der Waals surface area (Å²) in [6.45, 7) is 1.93. The second-order valence-corrected chi connectivity index (χ2v) is 13.3. The van der Waals surface area contributed by atoms with Crippen molar-refractivity contribution in [2.24, 2.45) is 0 Å². The minimum Gasteiger partial charge on any atom is -0.454 e. The van der Waals surface area contributed by atoms with Crippen LogP contribution in [0.2, 0.25) is 0 Å². The zero-order chi connectivity index (χ0) is 34.3. The Bertz CT molecular complexity index is 3200. The van der Waals surface area contributed by atoms with Gasteiger partial charge in [-0.2, -0.15) is 9.97 Å². The van der Waals surface area contributed by atoms with Crippen LogP contribution in [0.15, 0.2) is 162 Å². The molecule has 0 aliphatic heterocycles. The standard InChI is InChI=1S/C46H29N5O/c1-28-47-45(29-13-3-2-4-14-29)49-46(48-28)51-39-22-9-5-15-32(39)35-19-11-18-31(43(35)51)30-25-26-40-37(27-30)33-16-6-8-21-38(33)50(40)41-23-12-20-36-34-17-7-10-24-42(34)52-44(36)41/h2-27H,1H3. The van der Waals surface area contributed by atoms with E-state index in [1.54, 1.807) is 0 Å². The van der Waals surface area contributed by atoms with E-state index in [1.807, 2.05) is 49.4 Å². The third kappa shape index (κ3) is 4.15. The number of benzene rings is 7. The van der Waals surface area contributed by atoms with E-state index >= 15 is 0 Å². The molecule has 6 nitrogen and oxygen atoms in total. The van der Waals surface area contributed by atoms with Crippen LogP contribution in [-0.2, 0) is 0 Å². The van der Waals surface area contributed by atoms with Gasteiger partial charge in [0.15, 0.2) is 11.4 Å². The van der Waals surface area contributed by atoms with E-state index in [2.05, 4.69) is 124 Å². The van der Waals surface area contributed by atoms with Gasteiger partial charge in [0.25, 0.3) is 0 Å². The van der Waals surface area contributed by atoms with Crippen LogP contribution in [0.3, 0.4) is 0 Å². The van der Waals surface area contributed by atoms with Crippen molar-refractivity contribution in [1.29, 1.82) is 0 Å². The molecule has 11 aromatic rings. The third-order valence-corrected chi connectivity index (χ3v) is 10.3. The van der Waals surface area contributed by atoms with Gasteiger partial charge in [-0.05, 0) is 48.9 Å². The Kier molecular flexibility index (Phi) is 6.07. The highest BCUT2D eigenvalue weighted by atomic mass is 16.3. The molecule has 0 unspecified atom stereocenters. The van der Waals surface area contributed by atoms with Gasteiger partial charge in [-0.15, -0.1) is 0 Å². The fraction of sp³-hybridized carbons (Fsp3) is 0.0217. The Balaban J connectivity index is 1.18. The molecular formula is C46H29N5O. The zero-order valence-corrected chi connectivity index (χ0v) is 28.2. The van der Waals surface area contributed by atoms with Gasteiger partial charge in [-0.3, -0.25) is 4.57 Å². The fourth-order valence-corrected chi connectivity index (χ4v) is 8.05. The number of nitrogens with zero attached hydrogens (tertiary/aromatic N) is 5. The number of rotatable bonds is 4. The molecule has 4 aromatic heterocycles. The highest BCUT2D eigenvalue weighted by Crippen LogP contribution is 2.42. The highest BCUT2D eigenvalue weighted by molar-refractivity contribution is 6.16. The lowest BCUT2D eigenvalue weighted by molar-refractivity contribution is 0.666. The van der Waals surface area contributed by atoms with E-state index in [-0.39, 0.29) is 0 Å². The number of hydrogen-bond donors (Lipinski definition) is 0. The molecule has 0 fully saturated rings. The maximum absolute atomic E-state index is 6.54. The summed E-state index contributed by atoms with van der Waals surface area (Å²) >= 11 is 0. The molecule has 0 radical (unpaired) electrons. The van der Waals surface area contributed by atoms with Gasteiger partial charge in [-0.1, -0.05) is 121 Å². The van der Waals surface area contributed by atoms with E-state index in [9.17, 15) is 0 Å². The summed E-state index contributed by atoms with van der Waals surface area (Å²) in [5.41, 5.74) is 10.3. The molecule has 0 saturated carbocycles. The van der Waals surface area contributed by atoms with Crippen molar-refractivity contribution in [3.8, 4) is 34.2 Å². The van der Waals surface area contributed by atoms with E-state index < -0.39 is 0 Å². The first kappa shape index (κ1) is 28.8. The Labute approximate surface area is 297 Å². The Morgan fingerprint density at radius 3 is 1.96 bits per heavy atom. The summed E-state index contributed by atoms with van der Waals surface area (Å²) in [7, 11) is 0. The van der Waals surface area contributed by atoms with Gasteiger partial charge in [0, 0.05) is 43.4 Å². The van der Waals surface area contributed by atoms with Crippen LogP contribution in [-0.4, -0.2) is 24.1 Å². The van der Waals surface area contributed by atoms with Crippen LogP contribution in [0.5, 0.6) is 0 Å². The summed E-state index contributed by atoms with van der Waals surface area (Å²) < 4.78 is 11.1. The number of furan rings is 1. The van der Waals surface area contributed by atoms with Gasteiger partial charge < -0.3 is 8.98 Å². The predicted octanol–water partition coefficient (Wildman–Crippen LogP) is 11.6. The molecule has 11 rings (SSSR count). The fourth-order valence-electron chi connectivity index (χ4n) is 8.05. The van der Waals surface area contributed by atoms with Gasteiger partial charge in [0.2, 0.25) is 5.95 Å². The SMILES string of the molecule is Cc1nc(-c2ccccc2)nc(-n2c3ccccc3c3cccc(-c4ccc5c(c4)c4ccccc4n5-c4cccc5c4oc4ccccc45)c32)n1. The van der Waals surface area contributed by atoms with Crippen molar-refractivity contribution in [1.82, 2.24) is 24.1 Å². The normalized spacial score (nSPS) is 11.9. The number of aromatic nitrogens is 5. The zero-order valence-electron chi connectivity index (χ0n) is 28.2. The third-order valence-electron chi connectivity index (χ3n) is 10.3. The molecule has 0 atom stereocenters. The van der Waals surface area contributed by atoms with Crippen LogP contribution >= 0.6 is 0 Å². The predicted molar refractivity (Wildman–Crippen MR) is 211 cm³/mol. The first-order valence-electron chi connectivity index (χ1n) is 17.5. The molecule has 7 aromatic carbocycles. The van der Waals surface area contributed by atoms with Crippen molar-refractivity contribution in [3.63, 3.8) is 0 Å². The summed E-state index contributed by atoms with van der Waals surface area (Å²) in [4.78, 5) is 14.7. The first-order chi connectivity index (χ1) is 25.7. The number of para-hydroxylation sites is 5. The summed E-state index contributed by atoms with van der Waals surface area (Å²) in [5.74, 6) is 1.92.